The molecule has 0 bridgehead atoms. The quantitative estimate of drug-likeness (QED) is 0.444. The fraction of sp³-hybridized carbons (Fsp3) is 0.250. The molecule has 0 aliphatic rings. The molecule has 0 saturated heterocycles. The number of esters is 2. The lowest BCUT2D eigenvalue weighted by Gasteiger charge is -2.00. The van der Waals surface area contributed by atoms with Gasteiger partial charge in [0.1, 0.15) is 12.0 Å². The highest BCUT2D eigenvalue weighted by atomic mass is 19.1. The smallest absolute Gasteiger partial charge is 0.342 e. The van der Waals surface area contributed by atoms with E-state index in [1.54, 1.807) is 0 Å². The predicted molar refractivity (Wildman–Crippen MR) is 59.0 cm³/mol. The highest BCUT2D eigenvalue weighted by Crippen LogP contribution is 2.08. The Hall–Kier alpha value is -2.42. The average molecular weight is 251 g/mol. The number of carbonyl (C=O) groups excluding carboxylic acids is 2. The Labute approximate surface area is 103 Å². The van der Waals surface area contributed by atoms with E-state index in [0.29, 0.717) is 5.56 Å². The van der Waals surface area contributed by atoms with E-state index < -0.39 is 17.9 Å². The number of nitrogens with zero attached hydrogens (tertiary/aromatic N) is 1. The minimum Gasteiger partial charge on any atom is -0.468 e. The number of hydrogen-bond donors (Lipinski definition) is 0. The van der Waals surface area contributed by atoms with Crippen LogP contribution in [0.5, 0.6) is 0 Å². The summed E-state index contributed by atoms with van der Waals surface area (Å²) in [6, 6.07) is 1.21. The molecule has 94 valence electrons. The van der Waals surface area contributed by atoms with E-state index in [9.17, 15) is 14.0 Å². The molecule has 1 rings (SSSR count). The zero-order valence-electron chi connectivity index (χ0n) is 9.82. The van der Waals surface area contributed by atoms with Gasteiger partial charge in [-0.15, -0.1) is 0 Å². The number of carbonyl (C=O) groups is 2. The van der Waals surface area contributed by atoms with Crippen molar-refractivity contribution >= 4 is 11.9 Å². The number of hydrogen-bond acceptors (Lipinski definition) is 5. The standard InChI is InChI=1S/C12H10FNO4/c1-17-10(15)5-3-4-8-6-9(12(16)18-2)11(13)14-7-8/h6-7H,5H2,1-2H3. The first-order valence-electron chi connectivity index (χ1n) is 4.88. The van der Waals surface area contributed by atoms with Crippen LogP contribution in [-0.4, -0.2) is 31.1 Å². The highest BCUT2D eigenvalue weighted by Gasteiger charge is 2.13. The monoisotopic (exact) mass is 251 g/mol. The zero-order valence-corrected chi connectivity index (χ0v) is 9.82. The van der Waals surface area contributed by atoms with Crippen LogP contribution in [0, 0.1) is 17.8 Å². The molecular weight excluding hydrogens is 241 g/mol. The van der Waals surface area contributed by atoms with Crippen LogP contribution in [0.1, 0.15) is 22.3 Å². The number of halogens is 1. The number of pyridine rings is 1. The summed E-state index contributed by atoms with van der Waals surface area (Å²) in [5.41, 5.74) is 0.00284. The second kappa shape index (κ2) is 6.35. The molecule has 5 nitrogen and oxygen atoms in total. The van der Waals surface area contributed by atoms with Crippen molar-refractivity contribution in [3.63, 3.8) is 0 Å². The Morgan fingerprint density at radius 2 is 2.11 bits per heavy atom. The Morgan fingerprint density at radius 1 is 1.39 bits per heavy atom. The van der Waals surface area contributed by atoms with Gasteiger partial charge in [0.25, 0.3) is 0 Å². The topological polar surface area (TPSA) is 65.5 Å². The molecule has 1 aromatic rings. The molecule has 18 heavy (non-hydrogen) atoms. The predicted octanol–water partition coefficient (Wildman–Crippen LogP) is 0.922. The summed E-state index contributed by atoms with van der Waals surface area (Å²) in [4.78, 5) is 25.4. The highest BCUT2D eigenvalue weighted by molar-refractivity contribution is 5.89. The zero-order chi connectivity index (χ0) is 13.5. The van der Waals surface area contributed by atoms with Gasteiger partial charge in [0, 0.05) is 11.8 Å². The van der Waals surface area contributed by atoms with E-state index in [0.717, 1.165) is 13.3 Å². The third-order valence-corrected chi connectivity index (χ3v) is 1.94. The van der Waals surface area contributed by atoms with Crippen LogP contribution in [0.4, 0.5) is 4.39 Å². The van der Waals surface area contributed by atoms with E-state index >= 15 is 0 Å². The maximum Gasteiger partial charge on any atom is 0.342 e. The van der Waals surface area contributed by atoms with Crippen molar-refractivity contribution in [1.82, 2.24) is 4.98 Å². The van der Waals surface area contributed by atoms with Crippen molar-refractivity contribution < 1.29 is 23.5 Å². The average Bonchev–Trinajstić information content (AvgIpc) is 2.39. The van der Waals surface area contributed by atoms with Gasteiger partial charge in [0.15, 0.2) is 0 Å². The van der Waals surface area contributed by atoms with Crippen LogP contribution in [0.15, 0.2) is 12.3 Å². The second-order valence-electron chi connectivity index (χ2n) is 3.11. The van der Waals surface area contributed by atoms with E-state index in [2.05, 4.69) is 26.3 Å². The van der Waals surface area contributed by atoms with Crippen molar-refractivity contribution in [3.05, 3.63) is 29.3 Å². The van der Waals surface area contributed by atoms with Crippen molar-refractivity contribution in [1.29, 1.82) is 0 Å². The van der Waals surface area contributed by atoms with E-state index in [-0.39, 0.29) is 12.0 Å². The third kappa shape index (κ3) is 3.56. The Bertz CT molecular complexity index is 531. The number of rotatable bonds is 2. The van der Waals surface area contributed by atoms with E-state index in [1.165, 1.54) is 13.2 Å². The van der Waals surface area contributed by atoms with Crippen LogP contribution in [0.25, 0.3) is 0 Å². The largest absolute Gasteiger partial charge is 0.468 e. The van der Waals surface area contributed by atoms with Gasteiger partial charge in [0.05, 0.1) is 14.2 Å². The molecule has 1 aromatic heterocycles. The van der Waals surface area contributed by atoms with Gasteiger partial charge in [-0.25, -0.2) is 9.78 Å². The van der Waals surface area contributed by atoms with Crippen LogP contribution in [-0.2, 0) is 14.3 Å². The fourth-order valence-corrected chi connectivity index (χ4v) is 1.06. The molecule has 0 spiro atoms. The maximum absolute atomic E-state index is 13.2. The Kier molecular flexibility index (Phi) is 4.81. The van der Waals surface area contributed by atoms with Gasteiger partial charge in [-0.1, -0.05) is 11.8 Å². The van der Waals surface area contributed by atoms with Gasteiger partial charge in [0.2, 0.25) is 5.95 Å². The van der Waals surface area contributed by atoms with Crippen LogP contribution >= 0.6 is 0 Å². The summed E-state index contributed by atoms with van der Waals surface area (Å²) in [6.45, 7) is 0. The molecule has 1 heterocycles. The first-order valence-corrected chi connectivity index (χ1v) is 4.88. The molecule has 0 unspecified atom stereocenters. The molecule has 0 saturated carbocycles. The van der Waals surface area contributed by atoms with Gasteiger partial charge >= 0.3 is 11.9 Å². The van der Waals surface area contributed by atoms with Gasteiger partial charge < -0.3 is 9.47 Å². The SMILES string of the molecule is COC(=O)CC#Cc1cnc(F)c(C(=O)OC)c1. The lowest BCUT2D eigenvalue weighted by molar-refractivity contribution is -0.139. The third-order valence-electron chi connectivity index (χ3n) is 1.94. The first-order chi connectivity index (χ1) is 8.58. The normalized spacial score (nSPS) is 9.06. The van der Waals surface area contributed by atoms with Crippen molar-refractivity contribution in [2.45, 2.75) is 6.42 Å². The maximum atomic E-state index is 13.2. The number of ether oxygens (including phenoxy) is 2. The molecular formula is C12H10FNO4. The summed E-state index contributed by atoms with van der Waals surface area (Å²) < 4.78 is 22.0. The summed E-state index contributed by atoms with van der Waals surface area (Å²) in [5.74, 6) is 2.84. The molecule has 0 N–H and O–H groups in total. The van der Waals surface area contributed by atoms with Crippen LogP contribution < -0.4 is 0 Å². The number of aromatic nitrogens is 1. The second-order valence-corrected chi connectivity index (χ2v) is 3.11. The van der Waals surface area contributed by atoms with Gasteiger partial charge in [-0.2, -0.15) is 4.39 Å². The van der Waals surface area contributed by atoms with Crippen molar-refractivity contribution in [2.75, 3.05) is 14.2 Å². The summed E-state index contributed by atoms with van der Waals surface area (Å²) in [7, 11) is 2.39. The van der Waals surface area contributed by atoms with Crippen molar-refractivity contribution in [3.8, 4) is 11.8 Å². The minimum absolute atomic E-state index is 0.0958. The van der Waals surface area contributed by atoms with E-state index in [1.807, 2.05) is 0 Å². The summed E-state index contributed by atoms with van der Waals surface area (Å²) in [5, 5.41) is 0. The molecule has 6 heteroatoms. The van der Waals surface area contributed by atoms with E-state index in [4.69, 9.17) is 0 Å². The molecule has 0 radical (unpaired) electrons. The van der Waals surface area contributed by atoms with Gasteiger partial charge in [-0.05, 0) is 6.07 Å². The van der Waals surface area contributed by atoms with Gasteiger partial charge in [-0.3, -0.25) is 4.79 Å². The lowest BCUT2D eigenvalue weighted by atomic mass is 10.2. The Balaban J connectivity index is 2.92. The molecule has 0 aliphatic heterocycles. The molecule has 0 aliphatic carbocycles. The Morgan fingerprint density at radius 3 is 2.72 bits per heavy atom. The summed E-state index contributed by atoms with van der Waals surface area (Å²) >= 11 is 0. The van der Waals surface area contributed by atoms with Crippen molar-refractivity contribution in [2.24, 2.45) is 0 Å². The summed E-state index contributed by atoms with van der Waals surface area (Å²) in [6.07, 6.45) is 1.06. The molecule has 0 amide bonds. The first kappa shape index (κ1) is 13.6. The molecule has 0 atom stereocenters. The van der Waals surface area contributed by atoms with Crippen LogP contribution in [0.3, 0.4) is 0 Å². The minimum atomic E-state index is -0.930. The molecule has 0 aromatic carbocycles. The number of methoxy groups -OCH3 is 2. The molecule has 0 fully saturated rings. The fourth-order valence-electron chi connectivity index (χ4n) is 1.06. The van der Waals surface area contributed by atoms with Crippen LogP contribution in [0.2, 0.25) is 0 Å². The lowest BCUT2D eigenvalue weighted by Crippen LogP contribution is -2.06.